The number of halogens is 1. The molecule has 6 heteroatoms. The zero-order chi connectivity index (χ0) is 15.0. The number of H-pyrrole nitrogens is 1. The molecule has 1 aromatic heterocycles. The molecule has 0 bridgehead atoms. The third-order valence-electron chi connectivity index (χ3n) is 4.73. The predicted octanol–water partition coefficient (Wildman–Crippen LogP) is 3.13. The summed E-state index contributed by atoms with van der Waals surface area (Å²) in [6, 6.07) is 0. The van der Waals surface area contributed by atoms with Crippen LogP contribution in [-0.4, -0.2) is 20.1 Å². The number of hydrogen-bond donors (Lipinski definition) is 1. The highest BCUT2D eigenvalue weighted by molar-refractivity contribution is 8.00. The zero-order valence-corrected chi connectivity index (χ0v) is 13.9. The second kappa shape index (κ2) is 5.84. The molecule has 1 aromatic rings. The highest BCUT2D eigenvalue weighted by atomic mass is 35.5. The molecule has 21 heavy (non-hydrogen) atoms. The van der Waals surface area contributed by atoms with Gasteiger partial charge in [0.1, 0.15) is 5.15 Å². The van der Waals surface area contributed by atoms with Crippen molar-refractivity contribution in [3.63, 3.8) is 0 Å². The van der Waals surface area contributed by atoms with E-state index in [0.717, 1.165) is 44.3 Å². The number of rotatable bonds is 3. The van der Waals surface area contributed by atoms with Gasteiger partial charge in [-0.2, -0.15) is 11.8 Å². The van der Waals surface area contributed by atoms with E-state index in [1.807, 2.05) is 11.8 Å². The Labute approximate surface area is 133 Å². The van der Waals surface area contributed by atoms with E-state index in [1.54, 1.807) is 0 Å². The van der Waals surface area contributed by atoms with Gasteiger partial charge in [-0.05, 0) is 44.3 Å². The Morgan fingerprint density at radius 2 is 2.05 bits per heavy atom. The maximum absolute atomic E-state index is 12.8. The predicted molar refractivity (Wildman–Crippen MR) is 87.6 cm³/mol. The third-order valence-corrected chi connectivity index (χ3v) is 6.55. The van der Waals surface area contributed by atoms with Crippen molar-refractivity contribution in [1.29, 1.82) is 0 Å². The van der Waals surface area contributed by atoms with Gasteiger partial charge in [-0.25, -0.2) is 4.79 Å². The Balaban J connectivity index is 2.02. The average Bonchev–Trinajstić information content (AvgIpc) is 3.07. The summed E-state index contributed by atoms with van der Waals surface area (Å²) in [6.45, 7) is 2.61. The zero-order valence-electron chi connectivity index (χ0n) is 12.3. The lowest BCUT2D eigenvalue weighted by Gasteiger charge is -2.24. The fourth-order valence-corrected chi connectivity index (χ4v) is 5.17. The summed E-state index contributed by atoms with van der Waals surface area (Å²) >= 11 is 8.02. The highest BCUT2D eigenvalue weighted by Gasteiger charge is 2.32. The van der Waals surface area contributed by atoms with E-state index >= 15 is 0 Å². The standard InChI is InChI=1S/C15H21ClN2O2S/c1-15(7-4-8-21-15)9-18-13(19)11(10-5-2-3-6-10)12(16)17-14(18)20/h10H,2-9H2,1H3,(H,17,20). The van der Waals surface area contributed by atoms with Crippen LogP contribution >= 0.6 is 23.4 Å². The lowest BCUT2D eigenvalue weighted by Crippen LogP contribution is -2.42. The number of hydrogen-bond acceptors (Lipinski definition) is 3. The Kier molecular flexibility index (Phi) is 4.23. The van der Waals surface area contributed by atoms with Crippen molar-refractivity contribution in [2.45, 2.75) is 62.7 Å². The van der Waals surface area contributed by atoms with Crippen LogP contribution in [0, 0.1) is 0 Å². The molecule has 4 nitrogen and oxygen atoms in total. The fourth-order valence-electron chi connectivity index (χ4n) is 3.57. The van der Waals surface area contributed by atoms with E-state index in [4.69, 9.17) is 11.6 Å². The molecular weight excluding hydrogens is 308 g/mol. The van der Waals surface area contributed by atoms with Crippen LogP contribution in [0.1, 0.15) is 56.9 Å². The third kappa shape index (κ3) is 2.95. The Morgan fingerprint density at radius 3 is 2.67 bits per heavy atom. The van der Waals surface area contributed by atoms with Gasteiger partial charge >= 0.3 is 5.69 Å². The SMILES string of the molecule is CC1(Cn2c(=O)[nH]c(Cl)c(C3CCCC3)c2=O)CCCS1. The molecule has 1 aliphatic carbocycles. The van der Waals surface area contributed by atoms with Crippen LogP contribution in [0.3, 0.4) is 0 Å². The first-order valence-corrected chi connectivity index (χ1v) is 9.03. The molecule has 0 amide bonds. The minimum atomic E-state index is -0.375. The van der Waals surface area contributed by atoms with E-state index in [9.17, 15) is 9.59 Å². The van der Waals surface area contributed by atoms with Crippen molar-refractivity contribution in [2.24, 2.45) is 0 Å². The number of nitrogens with one attached hydrogen (secondary N) is 1. The van der Waals surface area contributed by atoms with Gasteiger partial charge in [0, 0.05) is 11.3 Å². The van der Waals surface area contributed by atoms with E-state index in [1.165, 1.54) is 4.57 Å². The van der Waals surface area contributed by atoms with Gasteiger partial charge in [0.15, 0.2) is 0 Å². The summed E-state index contributed by atoms with van der Waals surface area (Å²) in [4.78, 5) is 27.6. The molecule has 3 rings (SSSR count). The van der Waals surface area contributed by atoms with Crippen molar-refractivity contribution in [3.8, 4) is 0 Å². The normalized spacial score (nSPS) is 26.6. The molecule has 0 spiro atoms. The van der Waals surface area contributed by atoms with Gasteiger partial charge < -0.3 is 0 Å². The maximum atomic E-state index is 12.8. The van der Waals surface area contributed by atoms with E-state index in [-0.39, 0.29) is 27.1 Å². The first-order chi connectivity index (χ1) is 10.0. The van der Waals surface area contributed by atoms with Crippen LogP contribution in [0.4, 0.5) is 0 Å². The Morgan fingerprint density at radius 1 is 1.33 bits per heavy atom. The molecule has 1 atom stereocenters. The monoisotopic (exact) mass is 328 g/mol. The second-order valence-electron chi connectivity index (χ2n) is 6.43. The van der Waals surface area contributed by atoms with Crippen LogP contribution in [0.2, 0.25) is 5.15 Å². The largest absolute Gasteiger partial charge is 0.329 e. The molecule has 0 aromatic carbocycles. The van der Waals surface area contributed by atoms with Crippen LogP contribution in [0.5, 0.6) is 0 Å². The van der Waals surface area contributed by atoms with Gasteiger partial charge in [0.05, 0.1) is 5.56 Å². The van der Waals surface area contributed by atoms with Crippen molar-refractivity contribution < 1.29 is 0 Å². The number of aromatic nitrogens is 2. The Bertz CT molecular complexity index is 640. The van der Waals surface area contributed by atoms with Gasteiger partial charge in [-0.1, -0.05) is 24.4 Å². The highest BCUT2D eigenvalue weighted by Crippen LogP contribution is 2.39. The van der Waals surface area contributed by atoms with Gasteiger partial charge in [0.2, 0.25) is 0 Å². The molecule has 0 radical (unpaired) electrons. The smallest absolute Gasteiger partial charge is 0.297 e. The molecule has 1 aliphatic heterocycles. The van der Waals surface area contributed by atoms with Crippen molar-refractivity contribution in [2.75, 3.05) is 5.75 Å². The Hall–Kier alpha value is -0.680. The average molecular weight is 329 g/mol. The number of thioether (sulfide) groups is 1. The molecule has 1 N–H and O–H groups in total. The molecule has 1 unspecified atom stereocenters. The molecule has 2 fully saturated rings. The topological polar surface area (TPSA) is 54.9 Å². The quantitative estimate of drug-likeness (QED) is 0.867. The lowest BCUT2D eigenvalue weighted by atomic mass is 10.00. The number of nitrogens with zero attached hydrogens (tertiary/aromatic N) is 1. The van der Waals surface area contributed by atoms with Crippen LogP contribution in [-0.2, 0) is 6.54 Å². The van der Waals surface area contributed by atoms with Crippen LogP contribution < -0.4 is 11.2 Å². The molecule has 2 aliphatic rings. The van der Waals surface area contributed by atoms with E-state index < -0.39 is 0 Å². The van der Waals surface area contributed by atoms with E-state index in [2.05, 4.69) is 11.9 Å². The summed E-state index contributed by atoms with van der Waals surface area (Å²) in [5.74, 6) is 1.31. The fraction of sp³-hybridized carbons (Fsp3) is 0.733. The van der Waals surface area contributed by atoms with Crippen molar-refractivity contribution >= 4 is 23.4 Å². The van der Waals surface area contributed by atoms with E-state index in [0.29, 0.717) is 12.1 Å². The molecule has 1 saturated carbocycles. The van der Waals surface area contributed by atoms with Gasteiger partial charge in [-0.3, -0.25) is 14.3 Å². The molecule has 116 valence electrons. The second-order valence-corrected chi connectivity index (χ2v) is 8.49. The molecule has 2 heterocycles. The van der Waals surface area contributed by atoms with Gasteiger partial charge in [-0.15, -0.1) is 0 Å². The molecular formula is C15H21ClN2O2S. The van der Waals surface area contributed by atoms with Crippen LogP contribution in [0.25, 0.3) is 0 Å². The number of aromatic amines is 1. The van der Waals surface area contributed by atoms with Gasteiger partial charge in [0.25, 0.3) is 5.56 Å². The first-order valence-electron chi connectivity index (χ1n) is 7.67. The summed E-state index contributed by atoms with van der Waals surface area (Å²) in [7, 11) is 0. The van der Waals surface area contributed by atoms with Crippen molar-refractivity contribution in [1.82, 2.24) is 9.55 Å². The first kappa shape index (κ1) is 15.2. The summed E-state index contributed by atoms with van der Waals surface area (Å²) in [6.07, 6.45) is 6.45. The maximum Gasteiger partial charge on any atom is 0.329 e. The van der Waals surface area contributed by atoms with Crippen LogP contribution in [0.15, 0.2) is 9.59 Å². The summed E-state index contributed by atoms with van der Waals surface area (Å²) < 4.78 is 1.36. The minimum absolute atomic E-state index is 0.0163. The van der Waals surface area contributed by atoms with Crippen molar-refractivity contribution in [3.05, 3.63) is 31.6 Å². The summed E-state index contributed by atoms with van der Waals surface area (Å²) in [5.41, 5.74) is 0.0743. The lowest BCUT2D eigenvalue weighted by molar-refractivity contribution is 0.479. The minimum Gasteiger partial charge on any atom is -0.297 e. The summed E-state index contributed by atoms with van der Waals surface area (Å²) in [5, 5.41) is 0.248. The molecule has 1 saturated heterocycles.